The summed E-state index contributed by atoms with van der Waals surface area (Å²) in [5.74, 6) is 0. The van der Waals surface area contributed by atoms with Gasteiger partial charge in [0.1, 0.15) is 0 Å². The summed E-state index contributed by atoms with van der Waals surface area (Å²) in [5.41, 5.74) is 3.99. The van der Waals surface area contributed by atoms with Crippen molar-refractivity contribution in [2.45, 2.75) is 6.04 Å². The first-order valence-corrected chi connectivity index (χ1v) is 9.53. The average molecular weight is 396 g/mol. The zero-order valence-corrected chi connectivity index (χ0v) is 15.7. The molecule has 0 saturated carbocycles. The van der Waals surface area contributed by atoms with Gasteiger partial charge in [0.25, 0.3) is 0 Å². The number of anilines is 1. The van der Waals surface area contributed by atoms with Gasteiger partial charge in [-0.3, -0.25) is 4.90 Å². The van der Waals surface area contributed by atoms with Crippen LogP contribution < -0.4 is 4.90 Å². The second-order valence-electron chi connectivity index (χ2n) is 6.44. The Hall–Kier alpha value is -2.04. The molecule has 0 unspecified atom stereocenters. The summed E-state index contributed by atoms with van der Waals surface area (Å²) in [7, 11) is 0. The highest BCUT2D eigenvalue weighted by Crippen LogP contribution is 2.32. The molecule has 0 bridgehead atoms. The third-order valence-corrected chi connectivity index (χ3v) is 5.56. The van der Waals surface area contributed by atoms with Gasteiger partial charge in [-0.25, -0.2) is 0 Å². The number of H-pyrrole nitrogens is 1. The van der Waals surface area contributed by atoms with Crippen molar-refractivity contribution in [2.24, 2.45) is 0 Å². The minimum atomic E-state index is 0.319. The third-order valence-electron chi connectivity index (χ3n) is 4.93. The number of aromatic nitrogens is 1. The van der Waals surface area contributed by atoms with Crippen molar-refractivity contribution >= 4 is 21.6 Å². The summed E-state index contributed by atoms with van der Waals surface area (Å²) in [6.45, 7) is 4.16. The van der Waals surface area contributed by atoms with Gasteiger partial charge in [-0.05, 0) is 27.1 Å². The van der Waals surface area contributed by atoms with Crippen LogP contribution in [0, 0.1) is 0 Å². The fraction of sp³-hybridized carbons (Fsp3) is 0.238. The first-order chi connectivity index (χ1) is 12.3. The van der Waals surface area contributed by atoms with Crippen molar-refractivity contribution in [1.29, 1.82) is 0 Å². The minimum absolute atomic E-state index is 0.319. The molecule has 0 spiro atoms. The van der Waals surface area contributed by atoms with Gasteiger partial charge in [-0.1, -0.05) is 60.7 Å². The van der Waals surface area contributed by atoms with Crippen molar-refractivity contribution in [2.75, 3.05) is 31.1 Å². The van der Waals surface area contributed by atoms with Gasteiger partial charge in [0, 0.05) is 38.6 Å². The molecule has 2 heterocycles. The Balaban J connectivity index is 1.56. The van der Waals surface area contributed by atoms with E-state index in [2.05, 4.69) is 97.6 Å². The van der Waals surface area contributed by atoms with Crippen LogP contribution in [0.15, 0.2) is 77.5 Å². The summed E-state index contributed by atoms with van der Waals surface area (Å²) in [5, 5.41) is 0. The predicted molar refractivity (Wildman–Crippen MR) is 107 cm³/mol. The molecule has 1 saturated heterocycles. The van der Waals surface area contributed by atoms with Crippen LogP contribution in [0.2, 0.25) is 0 Å². The van der Waals surface area contributed by atoms with E-state index in [1.165, 1.54) is 16.8 Å². The fourth-order valence-electron chi connectivity index (χ4n) is 3.68. The van der Waals surface area contributed by atoms with Crippen LogP contribution in [0.1, 0.15) is 17.2 Å². The maximum atomic E-state index is 3.63. The summed E-state index contributed by atoms with van der Waals surface area (Å²) in [6.07, 6.45) is 4.07. The lowest BCUT2D eigenvalue weighted by Gasteiger charge is -2.40. The molecule has 4 rings (SSSR count). The number of rotatable bonds is 4. The van der Waals surface area contributed by atoms with Gasteiger partial charge in [-0.15, -0.1) is 0 Å². The zero-order valence-electron chi connectivity index (χ0n) is 14.1. The van der Waals surface area contributed by atoms with Crippen LogP contribution in [-0.4, -0.2) is 36.1 Å². The van der Waals surface area contributed by atoms with E-state index < -0.39 is 0 Å². The molecule has 4 heteroatoms. The molecule has 0 amide bonds. The smallest absolute Gasteiger partial charge is 0.0689 e. The van der Waals surface area contributed by atoms with Crippen molar-refractivity contribution in [1.82, 2.24) is 9.88 Å². The number of nitrogens with one attached hydrogen (secondary N) is 1. The van der Waals surface area contributed by atoms with E-state index in [-0.39, 0.29) is 0 Å². The second-order valence-corrected chi connectivity index (χ2v) is 7.29. The Morgan fingerprint density at radius 2 is 1.32 bits per heavy atom. The number of nitrogens with zero attached hydrogens (tertiary/aromatic N) is 2. The van der Waals surface area contributed by atoms with Crippen LogP contribution >= 0.6 is 15.9 Å². The lowest BCUT2D eigenvalue weighted by Crippen LogP contribution is -2.48. The van der Waals surface area contributed by atoms with E-state index >= 15 is 0 Å². The second kappa shape index (κ2) is 7.46. The molecule has 1 aliphatic rings. The molecule has 2 aromatic carbocycles. The van der Waals surface area contributed by atoms with Crippen LogP contribution in [-0.2, 0) is 0 Å². The quantitative estimate of drug-likeness (QED) is 0.691. The maximum Gasteiger partial charge on any atom is 0.0689 e. The molecule has 0 atom stereocenters. The lowest BCUT2D eigenvalue weighted by atomic mass is 9.96. The third kappa shape index (κ3) is 3.51. The highest BCUT2D eigenvalue weighted by molar-refractivity contribution is 9.10. The first-order valence-electron chi connectivity index (χ1n) is 8.74. The van der Waals surface area contributed by atoms with Gasteiger partial charge in [0.15, 0.2) is 0 Å². The molecule has 3 nitrogen and oxygen atoms in total. The summed E-state index contributed by atoms with van der Waals surface area (Å²) in [4.78, 5) is 8.23. The van der Waals surface area contributed by atoms with Gasteiger partial charge in [0.05, 0.1) is 16.2 Å². The highest BCUT2D eigenvalue weighted by Gasteiger charge is 2.27. The number of hydrogen-bond donors (Lipinski definition) is 1. The topological polar surface area (TPSA) is 22.3 Å². The van der Waals surface area contributed by atoms with E-state index in [1.807, 2.05) is 6.20 Å². The van der Waals surface area contributed by atoms with Crippen molar-refractivity contribution in [3.05, 3.63) is 88.7 Å². The SMILES string of the molecule is Brc1c[nH]cc1N1CCN(C(c2ccccc2)c2ccccc2)CC1. The number of benzene rings is 2. The maximum absolute atomic E-state index is 3.63. The zero-order chi connectivity index (χ0) is 17.1. The number of piperazine rings is 1. The van der Waals surface area contributed by atoms with Gasteiger partial charge >= 0.3 is 0 Å². The highest BCUT2D eigenvalue weighted by atomic mass is 79.9. The Bertz CT molecular complexity index is 753. The van der Waals surface area contributed by atoms with Crippen LogP contribution in [0.3, 0.4) is 0 Å². The number of halogens is 1. The van der Waals surface area contributed by atoms with Gasteiger partial charge in [-0.2, -0.15) is 0 Å². The molecule has 128 valence electrons. The summed E-state index contributed by atoms with van der Waals surface area (Å²) in [6, 6.07) is 22.0. The average Bonchev–Trinajstić information content (AvgIpc) is 3.10. The normalized spacial score (nSPS) is 15.7. The van der Waals surface area contributed by atoms with Crippen molar-refractivity contribution in [3.8, 4) is 0 Å². The molecule has 25 heavy (non-hydrogen) atoms. The van der Waals surface area contributed by atoms with Crippen LogP contribution in [0.5, 0.6) is 0 Å². The Morgan fingerprint density at radius 3 is 1.80 bits per heavy atom. The Kier molecular flexibility index (Phi) is 4.90. The van der Waals surface area contributed by atoms with E-state index in [1.54, 1.807) is 0 Å². The summed E-state index contributed by atoms with van der Waals surface area (Å²) >= 11 is 3.63. The van der Waals surface area contributed by atoms with Crippen molar-refractivity contribution < 1.29 is 0 Å². The largest absolute Gasteiger partial charge is 0.367 e. The molecular formula is C21H22BrN3. The van der Waals surface area contributed by atoms with E-state index in [4.69, 9.17) is 0 Å². The standard InChI is InChI=1S/C21H22BrN3/c22-19-15-23-16-20(19)24-11-13-25(14-12-24)21(17-7-3-1-4-8-17)18-9-5-2-6-10-18/h1-10,15-16,21,23H,11-14H2. The van der Waals surface area contributed by atoms with E-state index in [0.29, 0.717) is 6.04 Å². The van der Waals surface area contributed by atoms with Crippen molar-refractivity contribution in [3.63, 3.8) is 0 Å². The van der Waals surface area contributed by atoms with Gasteiger partial charge < -0.3 is 9.88 Å². The monoisotopic (exact) mass is 395 g/mol. The first kappa shape index (κ1) is 16.4. The Morgan fingerprint density at radius 1 is 0.760 bits per heavy atom. The molecule has 3 aromatic rings. The molecule has 1 aromatic heterocycles. The van der Waals surface area contributed by atoms with E-state index in [9.17, 15) is 0 Å². The van der Waals surface area contributed by atoms with E-state index in [0.717, 1.165) is 30.7 Å². The summed E-state index contributed by atoms with van der Waals surface area (Å²) < 4.78 is 1.14. The molecule has 1 N–H and O–H groups in total. The lowest BCUT2D eigenvalue weighted by molar-refractivity contribution is 0.212. The van der Waals surface area contributed by atoms with Crippen LogP contribution in [0.4, 0.5) is 5.69 Å². The minimum Gasteiger partial charge on any atom is -0.367 e. The number of hydrogen-bond acceptors (Lipinski definition) is 2. The Labute approximate surface area is 157 Å². The predicted octanol–water partition coefficient (Wildman–Crippen LogP) is 4.69. The number of aromatic amines is 1. The fourth-order valence-corrected chi connectivity index (χ4v) is 4.18. The molecule has 1 aliphatic heterocycles. The molecule has 0 radical (unpaired) electrons. The molecular weight excluding hydrogens is 374 g/mol. The molecule has 1 fully saturated rings. The molecule has 0 aliphatic carbocycles. The van der Waals surface area contributed by atoms with Gasteiger partial charge in [0.2, 0.25) is 0 Å². The van der Waals surface area contributed by atoms with Crippen LogP contribution in [0.25, 0.3) is 0 Å².